The first-order valence-corrected chi connectivity index (χ1v) is 9.23. The number of piperazine rings is 1. The molecule has 4 rings (SSSR count). The van der Waals surface area contributed by atoms with Gasteiger partial charge in [-0.05, 0) is 24.8 Å². The average molecular weight is 343 g/mol. The minimum absolute atomic E-state index is 0.00681. The van der Waals surface area contributed by atoms with Crippen LogP contribution in [0.25, 0.3) is 0 Å². The van der Waals surface area contributed by atoms with Crippen molar-refractivity contribution in [2.24, 2.45) is 0 Å². The van der Waals surface area contributed by atoms with Crippen LogP contribution in [0, 0.1) is 0 Å². The first-order valence-electron chi connectivity index (χ1n) is 9.23. The Balaban J connectivity index is 1.23. The number of benzene rings is 1. The van der Waals surface area contributed by atoms with Gasteiger partial charge in [-0.2, -0.15) is 0 Å². The van der Waals surface area contributed by atoms with Gasteiger partial charge >= 0.3 is 6.03 Å². The second-order valence-electron chi connectivity index (χ2n) is 7.12. The maximum atomic E-state index is 12.4. The minimum atomic E-state index is -0.265. The van der Waals surface area contributed by atoms with Gasteiger partial charge in [0.2, 0.25) is 0 Å². The van der Waals surface area contributed by atoms with Gasteiger partial charge in [0, 0.05) is 44.7 Å². The quantitative estimate of drug-likeness (QED) is 0.906. The van der Waals surface area contributed by atoms with E-state index in [-0.39, 0.29) is 24.1 Å². The van der Waals surface area contributed by atoms with Gasteiger partial charge in [0.1, 0.15) is 6.10 Å². The fraction of sp³-hybridized carbons (Fsp3) is 0.579. The van der Waals surface area contributed by atoms with E-state index < -0.39 is 0 Å². The monoisotopic (exact) mass is 343 g/mol. The van der Waals surface area contributed by atoms with Crippen LogP contribution in [-0.4, -0.2) is 66.7 Å². The molecule has 1 aromatic carbocycles. The van der Waals surface area contributed by atoms with Crippen molar-refractivity contribution in [3.05, 3.63) is 35.9 Å². The average Bonchev–Trinajstić information content (AvgIpc) is 3.20. The molecule has 3 atom stereocenters. The second-order valence-corrected chi connectivity index (χ2v) is 7.12. The summed E-state index contributed by atoms with van der Waals surface area (Å²) >= 11 is 0. The Morgan fingerprint density at radius 1 is 1.04 bits per heavy atom. The Kier molecular flexibility index (Phi) is 4.61. The summed E-state index contributed by atoms with van der Waals surface area (Å²) in [4.78, 5) is 28.4. The lowest BCUT2D eigenvalue weighted by Gasteiger charge is -2.35. The third-order valence-electron chi connectivity index (χ3n) is 5.41. The van der Waals surface area contributed by atoms with Crippen LogP contribution in [0.1, 0.15) is 30.7 Å². The molecule has 0 spiro atoms. The van der Waals surface area contributed by atoms with Gasteiger partial charge in [0.05, 0.1) is 0 Å². The molecule has 1 aliphatic carbocycles. The van der Waals surface area contributed by atoms with Crippen LogP contribution in [0.4, 0.5) is 4.79 Å². The van der Waals surface area contributed by atoms with E-state index in [4.69, 9.17) is 4.74 Å². The van der Waals surface area contributed by atoms with Crippen molar-refractivity contribution >= 4 is 11.9 Å². The molecular formula is C19H25N3O3. The molecule has 2 heterocycles. The molecule has 2 aliphatic heterocycles. The molecule has 0 bridgehead atoms. The topological polar surface area (TPSA) is 61.9 Å². The summed E-state index contributed by atoms with van der Waals surface area (Å²) < 4.78 is 5.47. The number of amides is 3. The van der Waals surface area contributed by atoms with Gasteiger partial charge in [-0.3, -0.25) is 4.79 Å². The normalized spacial score (nSPS) is 28.7. The number of carbonyl (C=O) groups excluding carboxylic acids is 2. The first-order chi connectivity index (χ1) is 12.2. The number of urea groups is 1. The number of hydrogen-bond donors (Lipinski definition) is 1. The van der Waals surface area contributed by atoms with Crippen LogP contribution in [0.3, 0.4) is 0 Å². The molecule has 0 radical (unpaired) electrons. The van der Waals surface area contributed by atoms with E-state index in [9.17, 15) is 9.59 Å². The zero-order valence-corrected chi connectivity index (χ0v) is 14.4. The Morgan fingerprint density at radius 2 is 1.76 bits per heavy atom. The van der Waals surface area contributed by atoms with Crippen LogP contribution in [-0.2, 0) is 9.53 Å². The van der Waals surface area contributed by atoms with Crippen LogP contribution in [0.2, 0.25) is 0 Å². The van der Waals surface area contributed by atoms with Crippen LogP contribution < -0.4 is 5.32 Å². The van der Waals surface area contributed by atoms with Crippen molar-refractivity contribution < 1.29 is 14.3 Å². The number of nitrogens with one attached hydrogen (secondary N) is 1. The van der Waals surface area contributed by atoms with Crippen molar-refractivity contribution in [3.8, 4) is 0 Å². The maximum absolute atomic E-state index is 12.4. The molecule has 134 valence electrons. The number of hydrogen-bond acceptors (Lipinski definition) is 3. The molecule has 2 saturated heterocycles. The molecule has 25 heavy (non-hydrogen) atoms. The molecule has 1 aromatic rings. The summed E-state index contributed by atoms with van der Waals surface area (Å²) in [5.74, 6) is 0.524. The SMILES string of the molecule is O=C(N[C@@H]1C[C@H]1c1ccccc1)N1CCN(C(=O)[C@@H]2CCCO2)CC1. The van der Waals surface area contributed by atoms with Gasteiger partial charge in [-0.25, -0.2) is 4.79 Å². The highest BCUT2D eigenvalue weighted by molar-refractivity contribution is 5.82. The zero-order valence-electron chi connectivity index (χ0n) is 14.4. The van der Waals surface area contributed by atoms with Crippen molar-refractivity contribution in [3.63, 3.8) is 0 Å². The van der Waals surface area contributed by atoms with Gasteiger partial charge in [-0.15, -0.1) is 0 Å². The highest BCUT2D eigenvalue weighted by Crippen LogP contribution is 2.40. The van der Waals surface area contributed by atoms with Crippen LogP contribution in [0.5, 0.6) is 0 Å². The van der Waals surface area contributed by atoms with Gasteiger partial charge in [-0.1, -0.05) is 30.3 Å². The lowest BCUT2D eigenvalue weighted by atomic mass is 10.1. The first kappa shape index (κ1) is 16.4. The van der Waals surface area contributed by atoms with E-state index in [1.54, 1.807) is 0 Å². The number of carbonyl (C=O) groups is 2. The van der Waals surface area contributed by atoms with Crippen molar-refractivity contribution in [2.45, 2.75) is 37.3 Å². The standard InChI is InChI=1S/C19H25N3O3/c23-18(17-7-4-12-25-17)21-8-10-22(11-9-21)19(24)20-16-13-15(16)14-5-2-1-3-6-14/h1-3,5-6,15-17H,4,7-13H2,(H,20,24)/t15-,16+,17-/m0/s1. The Bertz CT molecular complexity index is 622. The van der Waals surface area contributed by atoms with Gasteiger partial charge < -0.3 is 19.9 Å². The molecule has 3 amide bonds. The summed E-state index contributed by atoms with van der Waals surface area (Å²) in [5.41, 5.74) is 1.29. The largest absolute Gasteiger partial charge is 0.368 e. The molecular weight excluding hydrogens is 318 g/mol. The molecule has 1 N–H and O–H groups in total. The second kappa shape index (κ2) is 7.04. The van der Waals surface area contributed by atoms with E-state index in [1.807, 2.05) is 28.0 Å². The number of ether oxygens (including phenoxy) is 1. The maximum Gasteiger partial charge on any atom is 0.317 e. The lowest BCUT2D eigenvalue weighted by molar-refractivity contribution is -0.142. The fourth-order valence-electron chi connectivity index (χ4n) is 3.78. The van der Waals surface area contributed by atoms with Crippen molar-refractivity contribution in [1.29, 1.82) is 0 Å². The Morgan fingerprint density at radius 3 is 2.44 bits per heavy atom. The molecule has 0 unspecified atom stereocenters. The summed E-state index contributed by atoms with van der Waals surface area (Å²) in [6.45, 7) is 3.06. The molecule has 3 aliphatic rings. The Labute approximate surface area is 148 Å². The highest BCUT2D eigenvalue weighted by atomic mass is 16.5. The van der Waals surface area contributed by atoms with E-state index in [1.165, 1.54) is 5.56 Å². The number of nitrogens with zero attached hydrogens (tertiary/aromatic N) is 2. The third-order valence-corrected chi connectivity index (χ3v) is 5.41. The van der Waals surface area contributed by atoms with Crippen LogP contribution in [0.15, 0.2) is 30.3 Å². The smallest absolute Gasteiger partial charge is 0.317 e. The summed E-state index contributed by atoms with van der Waals surface area (Å²) in [7, 11) is 0. The lowest BCUT2D eigenvalue weighted by Crippen LogP contribution is -2.55. The van der Waals surface area contributed by atoms with E-state index in [2.05, 4.69) is 17.4 Å². The molecule has 1 saturated carbocycles. The molecule has 6 heteroatoms. The molecule has 6 nitrogen and oxygen atoms in total. The van der Waals surface area contributed by atoms with E-state index in [0.29, 0.717) is 38.7 Å². The van der Waals surface area contributed by atoms with Crippen LogP contribution >= 0.6 is 0 Å². The zero-order chi connectivity index (χ0) is 17.2. The van der Waals surface area contributed by atoms with Crippen molar-refractivity contribution in [2.75, 3.05) is 32.8 Å². The molecule has 0 aromatic heterocycles. The molecule has 3 fully saturated rings. The third kappa shape index (κ3) is 3.63. The number of rotatable bonds is 3. The fourth-order valence-corrected chi connectivity index (χ4v) is 3.78. The van der Waals surface area contributed by atoms with E-state index in [0.717, 1.165) is 19.3 Å². The predicted molar refractivity (Wildman–Crippen MR) is 93.2 cm³/mol. The Hall–Kier alpha value is -2.08. The van der Waals surface area contributed by atoms with E-state index >= 15 is 0 Å². The summed E-state index contributed by atoms with van der Waals surface area (Å²) in [5, 5.41) is 3.13. The summed E-state index contributed by atoms with van der Waals surface area (Å²) in [6, 6.07) is 10.6. The van der Waals surface area contributed by atoms with Gasteiger partial charge in [0.15, 0.2) is 0 Å². The predicted octanol–water partition coefficient (Wildman–Crippen LogP) is 1.58. The summed E-state index contributed by atoms with van der Waals surface area (Å²) in [6.07, 6.45) is 2.52. The highest BCUT2D eigenvalue weighted by Gasteiger charge is 2.40. The van der Waals surface area contributed by atoms with Crippen molar-refractivity contribution in [1.82, 2.24) is 15.1 Å². The minimum Gasteiger partial charge on any atom is -0.368 e. The van der Waals surface area contributed by atoms with Gasteiger partial charge in [0.25, 0.3) is 5.91 Å².